The fourth-order valence-corrected chi connectivity index (χ4v) is 3.07. The molecule has 3 aromatic rings. The molecule has 0 atom stereocenters. The van der Waals surface area contributed by atoms with Crippen LogP contribution in [0, 0.1) is 0 Å². The minimum absolute atomic E-state index is 0.615. The molecule has 0 aliphatic heterocycles. The van der Waals surface area contributed by atoms with Crippen molar-refractivity contribution in [1.82, 2.24) is 4.98 Å². The molecule has 1 aliphatic carbocycles. The van der Waals surface area contributed by atoms with Gasteiger partial charge in [-0.25, -0.2) is 0 Å². The molecule has 1 aromatic heterocycles. The lowest BCUT2D eigenvalue weighted by atomic mass is 9.98. The molecule has 1 heterocycles. The number of fused-ring (bicyclic) bond motifs is 2. The van der Waals surface area contributed by atoms with Crippen molar-refractivity contribution in [3.63, 3.8) is 0 Å². The molecule has 2 aromatic carbocycles. The molecular weight excluding hydrogens is 338 g/mol. The van der Waals surface area contributed by atoms with Crippen LogP contribution in [0.3, 0.4) is 0 Å². The summed E-state index contributed by atoms with van der Waals surface area (Å²) in [7, 11) is 0. The van der Waals surface area contributed by atoms with E-state index in [9.17, 15) is 0 Å². The molecule has 1 nitrogen and oxygen atoms in total. The molecule has 1 N–H and O–H groups in total. The Morgan fingerprint density at radius 3 is 2.00 bits per heavy atom. The summed E-state index contributed by atoms with van der Waals surface area (Å²) in [5, 5.41) is 1.31. The second-order valence-corrected chi connectivity index (χ2v) is 7.20. The highest BCUT2D eigenvalue weighted by Gasteiger charge is 2.06. The molecule has 1 heteroatoms. The summed E-state index contributed by atoms with van der Waals surface area (Å²) in [6.07, 6.45) is 7.54. The summed E-state index contributed by atoms with van der Waals surface area (Å²) in [6.45, 7) is 16.9. The van der Waals surface area contributed by atoms with Crippen molar-refractivity contribution in [3.8, 4) is 0 Å². The van der Waals surface area contributed by atoms with Crippen molar-refractivity contribution in [2.45, 2.75) is 73.6 Å². The van der Waals surface area contributed by atoms with Gasteiger partial charge in [-0.15, -0.1) is 0 Å². The number of rotatable bonds is 2. The second-order valence-electron chi connectivity index (χ2n) is 7.20. The molecule has 0 saturated heterocycles. The molecule has 1 aliphatic rings. The van der Waals surface area contributed by atoms with Gasteiger partial charge in [-0.2, -0.15) is 0 Å². The van der Waals surface area contributed by atoms with Crippen molar-refractivity contribution in [3.05, 3.63) is 77.0 Å². The van der Waals surface area contributed by atoms with Crippen molar-refractivity contribution in [1.29, 1.82) is 0 Å². The Balaban J connectivity index is 0.000000238. The molecule has 152 valence electrons. The number of benzene rings is 2. The van der Waals surface area contributed by atoms with Crippen molar-refractivity contribution in [2.24, 2.45) is 0 Å². The van der Waals surface area contributed by atoms with E-state index in [0.29, 0.717) is 11.8 Å². The molecule has 0 unspecified atom stereocenters. The molecule has 0 bridgehead atoms. The molecular formula is C27H39N. The van der Waals surface area contributed by atoms with Crippen LogP contribution in [0.25, 0.3) is 17.0 Å². The number of hydrogen-bond donors (Lipinski definition) is 1. The quantitative estimate of drug-likeness (QED) is 0.459. The highest BCUT2D eigenvalue weighted by atomic mass is 14.7. The average Bonchev–Trinajstić information content (AvgIpc) is 3.39. The van der Waals surface area contributed by atoms with Gasteiger partial charge in [0, 0.05) is 11.7 Å². The zero-order valence-corrected chi connectivity index (χ0v) is 19.1. The van der Waals surface area contributed by atoms with E-state index < -0.39 is 0 Å². The van der Waals surface area contributed by atoms with E-state index in [1.165, 1.54) is 33.2 Å². The maximum Gasteiger partial charge on any atom is 0.0454 e. The topological polar surface area (TPSA) is 15.8 Å². The van der Waals surface area contributed by atoms with Gasteiger partial charge >= 0.3 is 0 Å². The molecule has 0 saturated carbocycles. The first-order valence-electron chi connectivity index (χ1n) is 10.9. The van der Waals surface area contributed by atoms with E-state index in [1.54, 1.807) is 0 Å². The van der Waals surface area contributed by atoms with Crippen molar-refractivity contribution >= 4 is 17.0 Å². The first kappa shape index (κ1) is 23.8. The number of allylic oxidation sites excluding steroid dienone is 1. The van der Waals surface area contributed by atoms with Gasteiger partial charge in [-0.3, -0.25) is 0 Å². The number of H-pyrrole nitrogens is 1. The second kappa shape index (κ2) is 12.2. The van der Waals surface area contributed by atoms with Crippen LogP contribution in [-0.2, 0) is 6.42 Å². The summed E-state index contributed by atoms with van der Waals surface area (Å²) >= 11 is 0. The van der Waals surface area contributed by atoms with E-state index >= 15 is 0 Å². The van der Waals surface area contributed by atoms with E-state index in [4.69, 9.17) is 0 Å². The molecule has 0 spiro atoms. The highest BCUT2D eigenvalue weighted by molar-refractivity contribution is 5.80. The van der Waals surface area contributed by atoms with Crippen LogP contribution in [0.2, 0.25) is 0 Å². The van der Waals surface area contributed by atoms with Crippen LogP contribution in [0.15, 0.2) is 54.7 Å². The Morgan fingerprint density at radius 1 is 0.750 bits per heavy atom. The van der Waals surface area contributed by atoms with Gasteiger partial charge in [-0.1, -0.05) is 91.8 Å². The van der Waals surface area contributed by atoms with Gasteiger partial charge < -0.3 is 4.98 Å². The Hall–Kier alpha value is -2.28. The highest BCUT2D eigenvalue weighted by Crippen LogP contribution is 2.24. The number of aromatic nitrogens is 1. The third kappa shape index (κ3) is 6.41. The van der Waals surface area contributed by atoms with E-state index in [0.717, 1.165) is 6.42 Å². The Labute approximate surface area is 172 Å². The summed E-state index contributed by atoms with van der Waals surface area (Å²) < 4.78 is 0. The molecule has 0 fully saturated rings. The standard InChI is InChI=1S/C12H14.C11H13N.2C2H6/c1-9(2)11-7-6-10-4-3-5-12(10)8-11;1-8(2)9-3-4-11-10(7-9)5-6-12-11;2*1-2/h3-4,6-9H,5H2,1-2H3;3-8,12H,1-2H3;2*1-2H3. The van der Waals surface area contributed by atoms with E-state index in [-0.39, 0.29) is 0 Å². The number of aromatic amines is 1. The largest absolute Gasteiger partial charge is 0.361 e. The third-order valence-corrected chi connectivity index (χ3v) is 4.71. The maximum atomic E-state index is 3.19. The Bertz CT molecular complexity index is 850. The van der Waals surface area contributed by atoms with E-state index in [1.807, 2.05) is 33.9 Å². The normalized spacial score (nSPS) is 11.2. The zero-order valence-electron chi connectivity index (χ0n) is 19.1. The third-order valence-electron chi connectivity index (χ3n) is 4.71. The van der Waals surface area contributed by atoms with Gasteiger partial charge in [0.2, 0.25) is 0 Å². The minimum atomic E-state index is 0.615. The molecule has 4 rings (SSSR count). The molecule has 28 heavy (non-hydrogen) atoms. The van der Waals surface area contributed by atoms with Crippen LogP contribution < -0.4 is 0 Å². The lowest BCUT2D eigenvalue weighted by molar-refractivity contribution is 0.864. The first-order valence-corrected chi connectivity index (χ1v) is 10.9. The smallest absolute Gasteiger partial charge is 0.0454 e. The lowest BCUT2D eigenvalue weighted by Crippen LogP contribution is -1.90. The maximum absolute atomic E-state index is 3.19. The average molecular weight is 378 g/mol. The van der Waals surface area contributed by atoms with Crippen molar-refractivity contribution < 1.29 is 0 Å². The summed E-state index contributed by atoms with van der Waals surface area (Å²) in [4.78, 5) is 3.19. The van der Waals surface area contributed by atoms with Gasteiger partial charge in [0.05, 0.1) is 0 Å². The minimum Gasteiger partial charge on any atom is -0.361 e. The molecule has 0 radical (unpaired) electrons. The fourth-order valence-electron chi connectivity index (χ4n) is 3.07. The predicted molar refractivity (Wildman–Crippen MR) is 128 cm³/mol. The van der Waals surface area contributed by atoms with Crippen LogP contribution in [0.4, 0.5) is 0 Å². The first-order chi connectivity index (χ1) is 13.5. The van der Waals surface area contributed by atoms with Gasteiger partial charge in [0.25, 0.3) is 0 Å². The molecule has 0 amide bonds. The summed E-state index contributed by atoms with van der Waals surface area (Å²) in [5.41, 5.74) is 6.97. The monoisotopic (exact) mass is 377 g/mol. The lowest BCUT2D eigenvalue weighted by Gasteiger charge is -2.07. The Kier molecular flexibility index (Phi) is 10.4. The fraction of sp³-hybridized carbons (Fsp3) is 0.407. The number of hydrogen-bond acceptors (Lipinski definition) is 0. The zero-order chi connectivity index (χ0) is 21.1. The van der Waals surface area contributed by atoms with Crippen LogP contribution >= 0.6 is 0 Å². The Morgan fingerprint density at radius 2 is 1.36 bits per heavy atom. The predicted octanol–water partition coefficient (Wildman–Crippen LogP) is 8.72. The van der Waals surface area contributed by atoms with E-state index in [2.05, 4.69) is 87.3 Å². The SMILES string of the molecule is CC.CC.CC(C)c1ccc2[nH]ccc2c1.CC(C)c1ccc2c(c1)CC=C2. The van der Waals surface area contributed by atoms with Gasteiger partial charge in [-0.05, 0) is 64.1 Å². The van der Waals surface area contributed by atoms with Gasteiger partial charge in [0.1, 0.15) is 0 Å². The van der Waals surface area contributed by atoms with Gasteiger partial charge in [0.15, 0.2) is 0 Å². The summed E-state index contributed by atoms with van der Waals surface area (Å²) in [6, 6.07) is 15.5. The number of nitrogens with one attached hydrogen (secondary N) is 1. The van der Waals surface area contributed by atoms with Crippen LogP contribution in [0.5, 0.6) is 0 Å². The van der Waals surface area contributed by atoms with Crippen LogP contribution in [0.1, 0.15) is 89.5 Å². The van der Waals surface area contributed by atoms with Crippen LogP contribution in [-0.4, -0.2) is 4.98 Å². The van der Waals surface area contributed by atoms with Crippen molar-refractivity contribution in [2.75, 3.05) is 0 Å². The summed E-state index contributed by atoms with van der Waals surface area (Å²) in [5.74, 6) is 1.26.